The maximum atomic E-state index is 6.52. The third kappa shape index (κ3) is 3.99. The molecule has 0 amide bonds. The zero-order chi connectivity index (χ0) is 18.8. The molecule has 1 atom stereocenters. The van der Waals surface area contributed by atoms with Crippen LogP contribution in [0.1, 0.15) is 29.0 Å². The number of hydrogen-bond donors (Lipinski definition) is 0. The molecule has 0 N–H and O–H groups in total. The van der Waals surface area contributed by atoms with E-state index in [0.717, 1.165) is 26.0 Å². The van der Waals surface area contributed by atoms with Crippen molar-refractivity contribution >= 4 is 54.6 Å². The maximum absolute atomic E-state index is 6.52. The summed E-state index contributed by atoms with van der Waals surface area (Å²) in [5.74, 6) is 0.277. The van der Waals surface area contributed by atoms with Gasteiger partial charge in [-0.25, -0.2) is 0 Å². The Bertz CT molecular complexity index is 1050. The number of rotatable bonds is 3. The molecule has 0 saturated carbocycles. The van der Waals surface area contributed by atoms with E-state index in [1.807, 2.05) is 24.3 Å². The molecule has 1 aliphatic carbocycles. The van der Waals surface area contributed by atoms with Crippen LogP contribution in [0.25, 0.3) is 11.1 Å². The lowest BCUT2D eigenvalue weighted by Crippen LogP contribution is -2.05. The van der Waals surface area contributed by atoms with Crippen molar-refractivity contribution in [1.29, 1.82) is 0 Å². The summed E-state index contributed by atoms with van der Waals surface area (Å²) in [6.07, 6.45) is 5.55. The Kier molecular flexibility index (Phi) is 5.68. The molecule has 134 valence electrons. The summed E-state index contributed by atoms with van der Waals surface area (Å²) in [6.45, 7) is 0. The highest BCUT2D eigenvalue weighted by Crippen LogP contribution is 2.43. The van der Waals surface area contributed by atoms with Crippen LogP contribution in [0.5, 0.6) is 0 Å². The third-order valence-corrected chi connectivity index (χ3v) is 6.60. The van der Waals surface area contributed by atoms with Crippen LogP contribution in [-0.4, -0.2) is 0 Å². The van der Waals surface area contributed by atoms with Crippen molar-refractivity contribution < 1.29 is 0 Å². The summed E-state index contributed by atoms with van der Waals surface area (Å²) in [5, 5.41) is 0.777. The van der Waals surface area contributed by atoms with Gasteiger partial charge in [-0.3, -0.25) is 0 Å². The minimum Gasteiger partial charge on any atom is -0.0837 e. The van der Waals surface area contributed by atoms with Crippen molar-refractivity contribution in [2.24, 2.45) is 0 Å². The fourth-order valence-electron chi connectivity index (χ4n) is 3.56. The van der Waals surface area contributed by atoms with E-state index < -0.39 is 0 Å². The molecule has 27 heavy (non-hydrogen) atoms. The first-order valence-corrected chi connectivity index (χ1v) is 10.8. The molecule has 0 aliphatic heterocycles. The van der Waals surface area contributed by atoms with Gasteiger partial charge in [0.2, 0.25) is 0 Å². The molecule has 0 fully saturated rings. The highest BCUT2D eigenvalue weighted by molar-refractivity contribution is 9.10. The Labute approximate surface area is 181 Å². The van der Waals surface area contributed by atoms with Crippen molar-refractivity contribution in [3.8, 4) is 0 Å². The van der Waals surface area contributed by atoms with Crippen LogP contribution in [0.4, 0.5) is 0 Å². The van der Waals surface area contributed by atoms with Gasteiger partial charge in [-0.05, 0) is 52.5 Å². The largest absolute Gasteiger partial charge is 0.0837 e. The Morgan fingerprint density at radius 3 is 2.07 bits per heavy atom. The van der Waals surface area contributed by atoms with Gasteiger partial charge in [-0.2, -0.15) is 0 Å². The minimum absolute atomic E-state index is 0.277. The van der Waals surface area contributed by atoms with Crippen LogP contribution in [0.15, 0.2) is 93.9 Å². The molecule has 0 bridgehead atoms. The fraction of sp³-hybridized carbons (Fsp3) is 0.0833. The van der Waals surface area contributed by atoms with E-state index >= 15 is 0 Å². The first-order chi connectivity index (χ1) is 13.1. The van der Waals surface area contributed by atoms with E-state index in [-0.39, 0.29) is 5.92 Å². The van der Waals surface area contributed by atoms with Gasteiger partial charge < -0.3 is 0 Å². The molecule has 1 aliphatic rings. The molecule has 0 nitrogen and oxygen atoms in total. The predicted molar refractivity (Wildman–Crippen MR) is 123 cm³/mol. The molecule has 3 heteroatoms. The Morgan fingerprint density at radius 2 is 1.37 bits per heavy atom. The third-order valence-electron chi connectivity index (χ3n) is 4.86. The van der Waals surface area contributed by atoms with Crippen molar-refractivity contribution in [2.45, 2.75) is 12.3 Å². The molecular weight excluding hydrogens is 484 g/mol. The Balaban J connectivity index is 1.86. The summed E-state index contributed by atoms with van der Waals surface area (Å²) in [4.78, 5) is 0. The van der Waals surface area contributed by atoms with Crippen LogP contribution >= 0.6 is 43.5 Å². The van der Waals surface area contributed by atoms with Gasteiger partial charge >= 0.3 is 0 Å². The molecular formula is C24H17Br2Cl. The molecule has 0 spiro atoms. The predicted octanol–water partition coefficient (Wildman–Crippen LogP) is 8.52. The highest BCUT2D eigenvalue weighted by Gasteiger charge is 2.22. The summed E-state index contributed by atoms with van der Waals surface area (Å²) in [6, 6.07) is 24.9. The number of allylic oxidation sites excluding steroid dienone is 4. The second kappa shape index (κ2) is 8.18. The monoisotopic (exact) mass is 498 g/mol. The Hall–Kier alpha value is -1.61. The van der Waals surface area contributed by atoms with E-state index in [0.29, 0.717) is 0 Å². The SMILES string of the molecule is Clc1ccccc1C1=CC(c2ccccc2Br)CC(c2ccccc2Br)=C1. The van der Waals surface area contributed by atoms with Gasteiger partial charge in [0.1, 0.15) is 0 Å². The van der Waals surface area contributed by atoms with Gasteiger partial charge in [0.25, 0.3) is 0 Å². The molecule has 3 aromatic carbocycles. The van der Waals surface area contributed by atoms with E-state index in [9.17, 15) is 0 Å². The minimum atomic E-state index is 0.277. The van der Waals surface area contributed by atoms with Crippen LogP contribution < -0.4 is 0 Å². The van der Waals surface area contributed by atoms with Crippen LogP contribution in [0, 0.1) is 0 Å². The van der Waals surface area contributed by atoms with Gasteiger partial charge in [0.05, 0.1) is 0 Å². The first-order valence-electron chi connectivity index (χ1n) is 8.80. The second-order valence-electron chi connectivity index (χ2n) is 6.58. The normalized spacial score (nSPS) is 16.6. The van der Waals surface area contributed by atoms with E-state index in [2.05, 4.69) is 92.5 Å². The molecule has 0 saturated heterocycles. The average molecular weight is 501 g/mol. The summed E-state index contributed by atoms with van der Waals surface area (Å²) in [5.41, 5.74) is 6.06. The zero-order valence-corrected chi connectivity index (χ0v) is 18.4. The molecule has 0 aromatic heterocycles. The number of halogens is 3. The van der Waals surface area contributed by atoms with Crippen LogP contribution in [0.3, 0.4) is 0 Å². The van der Waals surface area contributed by atoms with Crippen molar-refractivity contribution in [3.05, 3.63) is 116 Å². The van der Waals surface area contributed by atoms with Gasteiger partial charge in [-0.15, -0.1) is 0 Å². The Morgan fingerprint density at radius 1 is 0.741 bits per heavy atom. The topological polar surface area (TPSA) is 0 Å². The highest BCUT2D eigenvalue weighted by atomic mass is 79.9. The van der Waals surface area contributed by atoms with Gasteiger partial charge in [0.15, 0.2) is 0 Å². The fourth-order valence-corrected chi connectivity index (χ4v) is 4.92. The molecule has 0 radical (unpaired) electrons. The molecule has 3 aromatic rings. The van der Waals surface area contributed by atoms with E-state index in [4.69, 9.17) is 11.6 Å². The zero-order valence-electron chi connectivity index (χ0n) is 14.5. The lowest BCUT2D eigenvalue weighted by Gasteiger charge is -2.24. The summed E-state index contributed by atoms with van der Waals surface area (Å²) in [7, 11) is 0. The maximum Gasteiger partial charge on any atom is 0.0484 e. The van der Waals surface area contributed by atoms with Crippen molar-refractivity contribution in [2.75, 3.05) is 0 Å². The smallest absolute Gasteiger partial charge is 0.0484 e. The molecule has 0 heterocycles. The second-order valence-corrected chi connectivity index (χ2v) is 8.70. The average Bonchev–Trinajstić information content (AvgIpc) is 2.69. The number of hydrogen-bond acceptors (Lipinski definition) is 0. The molecule has 4 rings (SSSR count). The standard InChI is InChI=1S/C24H17Br2Cl/c25-22-10-4-1-7-19(22)16-13-17(20-8-2-5-11-23(20)26)15-18(14-16)21-9-3-6-12-24(21)27/h1-12,14-16H,13H2. The van der Waals surface area contributed by atoms with Gasteiger partial charge in [-0.1, -0.05) is 110 Å². The lowest BCUT2D eigenvalue weighted by molar-refractivity contribution is 0.865. The number of benzene rings is 3. The van der Waals surface area contributed by atoms with Gasteiger partial charge in [0, 0.05) is 19.9 Å². The summed E-state index contributed by atoms with van der Waals surface area (Å²) < 4.78 is 2.25. The van der Waals surface area contributed by atoms with Crippen molar-refractivity contribution in [3.63, 3.8) is 0 Å². The van der Waals surface area contributed by atoms with Crippen LogP contribution in [0.2, 0.25) is 5.02 Å². The summed E-state index contributed by atoms with van der Waals surface area (Å²) >= 11 is 14.0. The quantitative estimate of drug-likeness (QED) is 0.338. The first kappa shape index (κ1) is 18.7. The molecule has 1 unspecified atom stereocenters. The lowest BCUT2D eigenvalue weighted by atomic mass is 9.81. The van der Waals surface area contributed by atoms with Crippen LogP contribution in [-0.2, 0) is 0 Å². The van der Waals surface area contributed by atoms with E-state index in [1.165, 1.54) is 22.3 Å². The van der Waals surface area contributed by atoms with Crippen molar-refractivity contribution in [1.82, 2.24) is 0 Å². The van der Waals surface area contributed by atoms with E-state index in [1.54, 1.807) is 0 Å².